The minimum absolute atomic E-state index is 0.0541. The number of ether oxygens (including phenoxy) is 2. The van der Waals surface area contributed by atoms with E-state index in [1.165, 1.54) is 13.2 Å². The van der Waals surface area contributed by atoms with Gasteiger partial charge in [-0.15, -0.1) is 0 Å². The normalized spacial score (nSPS) is 18.5. The number of anilines is 2. The number of carbonyl (C=O) groups is 1. The number of fused-ring (bicyclic) bond motifs is 1. The molecule has 0 unspecified atom stereocenters. The standard InChI is InChI=1S/C30H29F3N2O3/c1-29(2)15-23-27(24(36)16-29)28(35-22-10-5-4-9-21(22)34-23)19-11-12-25(26(14-19)37-3)38-17-18-7-6-8-20(13-18)30(31,32)33/h4-14,28,34-35H,15-17H2,1-3H3/t28-/m1/s1. The van der Waals surface area contributed by atoms with Gasteiger partial charge in [0.05, 0.1) is 30.1 Å². The minimum Gasteiger partial charge on any atom is -0.493 e. The first-order valence-electron chi connectivity index (χ1n) is 12.4. The van der Waals surface area contributed by atoms with Crippen molar-refractivity contribution < 1.29 is 27.4 Å². The molecular formula is C30H29F3N2O3. The van der Waals surface area contributed by atoms with Crippen molar-refractivity contribution in [1.29, 1.82) is 0 Å². The summed E-state index contributed by atoms with van der Waals surface area (Å²) < 4.78 is 50.7. The SMILES string of the molecule is COc1cc([C@H]2Nc3ccccc3NC3=C2C(=O)CC(C)(C)C3)ccc1OCc1cccc(C(F)(F)F)c1. The number of benzene rings is 3. The fourth-order valence-corrected chi connectivity index (χ4v) is 5.12. The first-order chi connectivity index (χ1) is 18.0. The molecule has 1 aliphatic carbocycles. The molecule has 3 aromatic rings. The number of alkyl halides is 3. The van der Waals surface area contributed by atoms with E-state index in [1.807, 2.05) is 36.4 Å². The Morgan fingerprint density at radius 3 is 2.45 bits per heavy atom. The Labute approximate surface area is 219 Å². The summed E-state index contributed by atoms with van der Waals surface area (Å²) in [5.41, 5.74) is 3.70. The van der Waals surface area contributed by atoms with Crippen LogP contribution in [0.1, 0.15) is 49.4 Å². The molecule has 1 atom stereocenters. The predicted molar refractivity (Wildman–Crippen MR) is 140 cm³/mol. The third-order valence-corrected chi connectivity index (χ3v) is 6.89. The second-order valence-electron chi connectivity index (χ2n) is 10.5. The van der Waals surface area contributed by atoms with Crippen LogP contribution in [0.2, 0.25) is 0 Å². The molecule has 8 heteroatoms. The van der Waals surface area contributed by atoms with Crippen molar-refractivity contribution in [3.63, 3.8) is 0 Å². The number of rotatable bonds is 5. The number of allylic oxidation sites excluding steroid dienone is 1. The van der Waals surface area contributed by atoms with Crippen LogP contribution in [0.25, 0.3) is 0 Å². The molecule has 0 saturated carbocycles. The van der Waals surface area contributed by atoms with E-state index < -0.39 is 17.8 Å². The highest BCUT2D eigenvalue weighted by molar-refractivity contribution is 6.01. The fourth-order valence-electron chi connectivity index (χ4n) is 5.12. The lowest BCUT2D eigenvalue weighted by Crippen LogP contribution is -2.31. The van der Waals surface area contributed by atoms with E-state index >= 15 is 0 Å². The van der Waals surface area contributed by atoms with Gasteiger partial charge >= 0.3 is 6.18 Å². The van der Waals surface area contributed by atoms with Crippen LogP contribution in [0, 0.1) is 5.41 Å². The second-order valence-corrected chi connectivity index (χ2v) is 10.5. The van der Waals surface area contributed by atoms with E-state index in [-0.39, 0.29) is 17.8 Å². The first-order valence-corrected chi connectivity index (χ1v) is 12.4. The van der Waals surface area contributed by atoms with Gasteiger partial charge < -0.3 is 20.1 Å². The van der Waals surface area contributed by atoms with Crippen molar-refractivity contribution in [3.05, 3.63) is 94.7 Å². The molecule has 2 aliphatic rings. The van der Waals surface area contributed by atoms with E-state index in [0.29, 0.717) is 29.1 Å². The largest absolute Gasteiger partial charge is 0.493 e. The molecule has 0 bridgehead atoms. The molecule has 5 rings (SSSR count). The Kier molecular flexibility index (Phi) is 6.59. The number of methoxy groups -OCH3 is 1. The van der Waals surface area contributed by atoms with Gasteiger partial charge in [-0.2, -0.15) is 13.2 Å². The van der Waals surface area contributed by atoms with Gasteiger partial charge in [0.25, 0.3) is 0 Å². The lowest BCUT2D eigenvalue weighted by atomic mass is 9.73. The number of Topliss-reactive ketones (excluding diaryl/α,β-unsaturated/α-hetero) is 1. The number of hydrogen-bond acceptors (Lipinski definition) is 5. The van der Waals surface area contributed by atoms with Gasteiger partial charge in [0, 0.05) is 17.7 Å². The zero-order chi connectivity index (χ0) is 27.1. The zero-order valence-corrected chi connectivity index (χ0v) is 21.4. The molecule has 3 aromatic carbocycles. The van der Waals surface area contributed by atoms with Crippen LogP contribution in [0.3, 0.4) is 0 Å². The number of halogens is 3. The summed E-state index contributed by atoms with van der Waals surface area (Å²) in [6.45, 7) is 4.13. The number of carbonyl (C=O) groups excluding carboxylic acids is 1. The molecule has 38 heavy (non-hydrogen) atoms. The number of hydrogen-bond donors (Lipinski definition) is 2. The highest BCUT2D eigenvalue weighted by atomic mass is 19.4. The number of para-hydroxylation sites is 2. The highest BCUT2D eigenvalue weighted by Gasteiger charge is 2.39. The summed E-state index contributed by atoms with van der Waals surface area (Å²) in [7, 11) is 1.51. The molecule has 0 saturated heterocycles. The van der Waals surface area contributed by atoms with Crippen molar-refractivity contribution in [2.45, 2.75) is 45.5 Å². The maximum atomic E-state index is 13.4. The molecule has 0 spiro atoms. The van der Waals surface area contributed by atoms with E-state index in [1.54, 1.807) is 12.1 Å². The first kappa shape index (κ1) is 25.7. The average Bonchev–Trinajstić information content (AvgIpc) is 3.03. The summed E-state index contributed by atoms with van der Waals surface area (Å²) in [5.74, 6) is 0.900. The van der Waals surface area contributed by atoms with Crippen LogP contribution in [0.15, 0.2) is 78.0 Å². The average molecular weight is 523 g/mol. The molecule has 2 N–H and O–H groups in total. The van der Waals surface area contributed by atoms with Crippen molar-refractivity contribution in [3.8, 4) is 11.5 Å². The van der Waals surface area contributed by atoms with Gasteiger partial charge in [-0.25, -0.2) is 0 Å². The molecule has 5 nitrogen and oxygen atoms in total. The Morgan fingerprint density at radius 1 is 0.947 bits per heavy atom. The molecule has 0 radical (unpaired) electrons. The topological polar surface area (TPSA) is 59.6 Å². The Morgan fingerprint density at radius 2 is 1.71 bits per heavy atom. The van der Waals surface area contributed by atoms with Gasteiger partial charge in [-0.05, 0) is 59.4 Å². The fraction of sp³-hybridized carbons (Fsp3) is 0.300. The van der Waals surface area contributed by atoms with E-state index in [9.17, 15) is 18.0 Å². The van der Waals surface area contributed by atoms with Crippen molar-refractivity contribution in [2.75, 3.05) is 17.7 Å². The van der Waals surface area contributed by atoms with Crippen LogP contribution >= 0.6 is 0 Å². The Balaban J connectivity index is 1.47. The minimum atomic E-state index is -4.42. The van der Waals surface area contributed by atoms with Crippen LogP contribution in [0.5, 0.6) is 11.5 Å². The van der Waals surface area contributed by atoms with Gasteiger partial charge in [-0.1, -0.05) is 44.2 Å². The Bertz CT molecular complexity index is 1410. The Hall–Kier alpha value is -3.94. The van der Waals surface area contributed by atoms with Crippen LogP contribution < -0.4 is 20.1 Å². The second kappa shape index (κ2) is 9.74. The molecular weight excluding hydrogens is 493 g/mol. The molecule has 0 fully saturated rings. The number of ketones is 1. The lowest BCUT2D eigenvalue weighted by molar-refractivity contribution is -0.137. The summed E-state index contributed by atoms with van der Waals surface area (Å²) >= 11 is 0. The third kappa shape index (κ3) is 5.21. The summed E-state index contributed by atoms with van der Waals surface area (Å²) in [6, 6.07) is 17.8. The lowest BCUT2D eigenvalue weighted by Gasteiger charge is -2.34. The van der Waals surface area contributed by atoms with Crippen LogP contribution in [0.4, 0.5) is 24.5 Å². The highest BCUT2D eigenvalue weighted by Crippen LogP contribution is 2.46. The van der Waals surface area contributed by atoms with E-state index in [2.05, 4.69) is 24.5 Å². The van der Waals surface area contributed by atoms with Gasteiger partial charge in [0.1, 0.15) is 6.61 Å². The third-order valence-electron chi connectivity index (χ3n) is 6.89. The summed E-state index contributed by atoms with van der Waals surface area (Å²) in [5, 5.41) is 7.04. The maximum absolute atomic E-state index is 13.4. The van der Waals surface area contributed by atoms with Gasteiger partial charge in [-0.3, -0.25) is 4.79 Å². The van der Waals surface area contributed by atoms with Crippen LogP contribution in [-0.4, -0.2) is 12.9 Å². The molecule has 0 aromatic heterocycles. The van der Waals surface area contributed by atoms with Crippen molar-refractivity contribution >= 4 is 17.2 Å². The van der Waals surface area contributed by atoms with E-state index in [0.717, 1.165) is 41.2 Å². The molecule has 1 aliphatic heterocycles. The van der Waals surface area contributed by atoms with Gasteiger partial charge in [0.2, 0.25) is 0 Å². The zero-order valence-electron chi connectivity index (χ0n) is 21.4. The summed E-state index contributed by atoms with van der Waals surface area (Å²) in [6.07, 6.45) is -3.25. The predicted octanol–water partition coefficient (Wildman–Crippen LogP) is 7.51. The smallest absolute Gasteiger partial charge is 0.416 e. The van der Waals surface area contributed by atoms with E-state index in [4.69, 9.17) is 9.47 Å². The number of nitrogens with one attached hydrogen (secondary N) is 2. The summed E-state index contributed by atoms with van der Waals surface area (Å²) in [4.78, 5) is 13.4. The van der Waals surface area contributed by atoms with Crippen LogP contribution in [-0.2, 0) is 17.6 Å². The quantitative estimate of drug-likeness (QED) is 0.363. The maximum Gasteiger partial charge on any atom is 0.416 e. The molecule has 198 valence electrons. The van der Waals surface area contributed by atoms with Crippen molar-refractivity contribution in [1.82, 2.24) is 0 Å². The van der Waals surface area contributed by atoms with Gasteiger partial charge in [0.15, 0.2) is 17.3 Å². The molecule has 1 heterocycles. The molecule has 0 amide bonds. The monoisotopic (exact) mass is 522 g/mol. The van der Waals surface area contributed by atoms with Crippen molar-refractivity contribution in [2.24, 2.45) is 5.41 Å².